The predicted molar refractivity (Wildman–Crippen MR) is 114 cm³/mol. The van der Waals surface area contributed by atoms with Gasteiger partial charge in [-0.2, -0.15) is 4.31 Å². The Bertz CT molecular complexity index is 1130. The molecule has 1 aromatic heterocycles. The van der Waals surface area contributed by atoms with Gasteiger partial charge in [-0.25, -0.2) is 8.42 Å². The summed E-state index contributed by atoms with van der Waals surface area (Å²) in [5.74, 6) is 1.68. The van der Waals surface area contributed by atoms with Crippen molar-refractivity contribution in [3.63, 3.8) is 0 Å². The summed E-state index contributed by atoms with van der Waals surface area (Å²) in [5.41, 5.74) is 0.855. The minimum atomic E-state index is -3.71. The van der Waals surface area contributed by atoms with Gasteiger partial charge in [-0.05, 0) is 49.6 Å². The van der Waals surface area contributed by atoms with Crippen molar-refractivity contribution in [2.45, 2.75) is 37.2 Å². The third-order valence-corrected chi connectivity index (χ3v) is 7.14. The highest BCUT2D eigenvalue weighted by Gasteiger charge is 2.34. The molecule has 2 aromatic carbocycles. The smallest absolute Gasteiger partial charge is 0.253 e. The lowest BCUT2D eigenvalue weighted by molar-refractivity contribution is 0.243. The first kappa shape index (κ1) is 21.3. The first-order valence-corrected chi connectivity index (χ1v) is 11.6. The Kier molecular flexibility index (Phi) is 6.24. The average Bonchev–Trinajstić information content (AvgIpc) is 3.28. The molecule has 9 heteroatoms. The largest absolute Gasteiger partial charge is 0.495 e. The van der Waals surface area contributed by atoms with Crippen LogP contribution in [0.5, 0.6) is 11.5 Å². The summed E-state index contributed by atoms with van der Waals surface area (Å²) in [7, 11) is -2.24. The van der Waals surface area contributed by atoms with Crippen LogP contribution >= 0.6 is 0 Å². The van der Waals surface area contributed by atoms with E-state index in [2.05, 4.69) is 10.2 Å². The van der Waals surface area contributed by atoms with Gasteiger partial charge in [-0.15, -0.1) is 10.2 Å². The quantitative estimate of drug-likeness (QED) is 0.551. The second-order valence-electron chi connectivity index (χ2n) is 7.49. The molecule has 0 saturated carbocycles. The average molecular weight is 444 g/mol. The van der Waals surface area contributed by atoms with Crippen LogP contribution in [-0.2, 0) is 16.6 Å². The van der Waals surface area contributed by atoms with Gasteiger partial charge in [0, 0.05) is 13.1 Å². The van der Waals surface area contributed by atoms with E-state index in [9.17, 15) is 8.42 Å². The Morgan fingerprint density at radius 1 is 1.16 bits per heavy atom. The van der Waals surface area contributed by atoms with Crippen molar-refractivity contribution in [3.8, 4) is 11.5 Å². The number of hydrogen-bond donors (Lipinski definition) is 0. The van der Waals surface area contributed by atoms with E-state index in [1.54, 1.807) is 12.1 Å². The molecule has 1 aliphatic rings. The molecule has 2 heterocycles. The fourth-order valence-corrected chi connectivity index (χ4v) is 5.40. The van der Waals surface area contributed by atoms with Crippen LogP contribution in [0.1, 0.15) is 36.1 Å². The van der Waals surface area contributed by atoms with Gasteiger partial charge >= 0.3 is 0 Å². The number of aryl methyl sites for hydroxylation is 1. The highest BCUT2D eigenvalue weighted by atomic mass is 32.2. The van der Waals surface area contributed by atoms with Crippen LogP contribution in [0.3, 0.4) is 0 Å². The maximum Gasteiger partial charge on any atom is 0.253 e. The molecule has 31 heavy (non-hydrogen) atoms. The number of para-hydroxylation sites is 1. The van der Waals surface area contributed by atoms with Crippen molar-refractivity contribution >= 4 is 10.0 Å². The van der Waals surface area contributed by atoms with E-state index in [4.69, 9.17) is 13.9 Å². The number of methoxy groups -OCH3 is 1. The van der Waals surface area contributed by atoms with Crippen LogP contribution in [0.2, 0.25) is 0 Å². The second kappa shape index (κ2) is 9.07. The second-order valence-corrected chi connectivity index (χ2v) is 9.40. The fraction of sp³-hybridized carbons (Fsp3) is 0.364. The molecule has 0 N–H and O–H groups in total. The minimum absolute atomic E-state index is 0.159. The van der Waals surface area contributed by atoms with Gasteiger partial charge in [0.1, 0.15) is 16.4 Å². The Balaban J connectivity index is 1.48. The molecule has 4 rings (SSSR count). The lowest BCUT2D eigenvalue weighted by atomic mass is 10.00. The molecule has 0 amide bonds. The van der Waals surface area contributed by atoms with Crippen LogP contribution in [0.25, 0.3) is 0 Å². The van der Waals surface area contributed by atoms with Crippen molar-refractivity contribution < 1.29 is 22.3 Å². The van der Waals surface area contributed by atoms with Gasteiger partial charge in [-0.3, -0.25) is 0 Å². The highest BCUT2D eigenvalue weighted by molar-refractivity contribution is 7.89. The molecular weight excluding hydrogens is 418 g/mol. The Morgan fingerprint density at radius 2 is 1.97 bits per heavy atom. The van der Waals surface area contributed by atoms with Crippen molar-refractivity contribution in [2.75, 3.05) is 20.2 Å². The van der Waals surface area contributed by atoms with Gasteiger partial charge in [0.25, 0.3) is 5.89 Å². The van der Waals surface area contributed by atoms with Gasteiger partial charge in [0.2, 0.25) is 15.9 Å². The summed E-state index contributed by atoms with van der Waals surface area (Å²) in [4.78, 5) is 0.179. The first-order chi connectivity index (χ1) is 15.0. The third-order valence-electron chi connectivity index (χ3n) is 5.26. The Hall–Kier alpha value is -2.91. The lowest BCUT2D eigenvalue weighted by Gasteiger charge is -2.30. The zero-order chi connectivity index (χ0) is 21.8. The zero-order valence-electron chi connectivity index (χ0n) is 17.5. The van der Waals surface area contributed by atoms with E-state index < -0.39 is 10.0 Å². The van der Waals surface area contributed by atoms with Crippen LogP contribution < -0.4 is 9.47 Å². The lowest BCUT2D eigenvalue weighted by Crippen LogP contribution is -2.39. The van der Waals surface area contributed by atoms with E-state index in [1.807, 2.05) is 43.3 Å². The SMILES string of the molecule is COc1ccc(C)cc1S(=O)(=O)N1CCCC(c2nnc(COc3ccccc3)o2)C1. The molecule has 8 nitrogen and oxygen atoms in total. The van der Waals surface area contributed by atoms with Gasteiger partial charge < -0.3 is 13.9 Å². The molecule has 0 bridgehead atoms. The molecule has 1 aliphatic heterocycles. The van der Waals surface area contributed by atoms with Crippen molar-refractivity contribution in [1.82, 2.24) is 14.5 Å². The van der Waals surface area contributed by atoms with Crippen LogP contribution in [0, 0.1) is 6.92 Å². The van der Waals surface area contributed by atoms with Crippen LogP contribution in [0.15, 0.2) is 57.8 Å². The summed E-state index contributed by atoms with van der Waals surface area (Å²) >= 11 is 0. The normalized spacial score (nSPS) is 17.4. The topological polar surface area (TPSA) is 94.8 Å². The molecule has 0 aliphatic carbocycles. The van der Waals surface area contributed by atoms with E-state index in [-0.39, 0.29) is 24.0 Å². The molecule has 164 valence electrons. The van der Waals surface area contributed by atoms with Crippen molar-refractivity contribution in [1.29, 1.82) is 0 Å². The molecule has 0 radical (unpaired) electrons. The van der Waals surface area contributed by atoms with Crippen molar-refractivity contribution in [2.24, 2.45) is 0 Å². The van der Waals surface area contributed by atoms with Crippen LogP contribution in [0.4, 0.5) is 0 Å². The number of benzene rings is 2. The maximum absolute atomic E-state index is 13.3. The summed E-state index contributed by atoms with van der Waals surface area (Å²) in [6.45, 7) is 2.73. The molecule has 1 saturated heterocycles. The molecule has 3 aromatic rings. The van der Waals surface area contributed by atoms with E-state index >= 15 is 0 Å². The van der Waals surface area contributed by atoms with E-state index in [1.165, 1.54) is 11.4 Å². The predicted octanol–water partition coefficient (Wildman–Crippen LogP) is 3.53. The monoisotopic (exact) mass is 443 g/mol. The standard InChI is InChI=1S/C22H25N3O5S/c1-16-10-11-19(28-2)20(13-16)31(26,27)25-12-6-7-17(14-25)22-24-23-21(30-22)15-29-18-8-4-3-5-9-18/h3-5,8-11,13,17H,6-7,12,14-15H2,1-2H3. The summed E-state index contributed by atoms with van der Waals surface area (Å²) in [6.07, 6.45) is 1.48. The number of ether oxygens (including phenoxy) is 2. The molecular formula is C22H25N3O5S. The highest BCUT2D eigenvalue weighted by Crippen LogP contribution is 2.33. The van der Waals surface area contributed by atoms with Gasteiger partial charge in [0.15, 0.2) is 6.61 Å². The molecule has 1 fully saturated rings. The minimum Gasteiger partial charge on any atom is -0.495 e. The number of piperidine rings is 1. The fourth-order valence-electron chi connectivity index (χ4n) is 3.64. The van der Waals surface area contributed by atoms with Gasteiger partial charge in [0.05, 0.1) is 13.0 Å². The number of rotatable bonds is 7. The molecule has 1 unspecified atom stereocenters. The zero-order valence-corrected chi connectivity index (χ0v) is 18.3. The third kappa shape index (κ3) is 4.72. The van der Waals surface area contributed by atoms with E-state index in [0.29, 0.717) is 36.2 Å². The number of aromatic nitrogens is 2. The first-order valence-electron chi connectivity index (χ1n) is 10.1. The number of sulfonamides is 1. The Morgan fingerprint density at radius 3 is 2.74 bits per heavy atom. The van der Waals surface area contributed by atoms with Crippen molar-refractivity contribution in [3.05, 3.63) is 65.9 Å². The van der Waals surface area contributed by atoms with Crippen LogP contribution in [-0.4, -0.2) is 43.1 Å². The number of hydrogen-bond acceptors (Lipinski definition) is 7. The van der Waals surface area contributed by atoms with Gasteiger partial charge in [-0.1, -0.05) is 24.3 Å². The maximum atomic E-state index is 13.3. The molecule has 0 spiro atoms. The summed E-state index contributed by atoms with van der Waals surface area (Å²) in [6, 6.07) is 14.5. The Labute approximate surface area is 181 Å². The molecule has 1 atom stereocenters. The van der Waals surface area contributed by atoms with E-state index in [0.717, 1.165) is 12.0 Å². The number of nitrogens with zero attached hydrogens (tertiary/aromatic N) is 3. The summed E-state index contributed by atoms with van der Waals surface area (Å²) < 4.78 is 44.8. The summed E-state index contributed by atoms with van der Waals surface area (Å²) in [5, 5.41) is 8.21.